The van der Waals surface area contributed by atoms with Gasteiger partial charge in [0.1, 0.15) is 5.75 Å². The summed E-state index contributed by atoms with van der Waals surface area (Å²) in [6.07, 6.45) is 0.777. The molecule has 0 spiro atoms. The van der Waals surface area contributed by atoms with Gasteiger partial charge in [0.2, 0.25) is 0 Å². The van der Waals surface area contributed by atoms with E-state index in [9.17, 15) is 9.59 Å². The van der Waals surface area contributed by atoms with Crippen LogP contribution >= 0.6 is 0 Å². The molecular formula is C25H25NO4. The van der Waals surface area contributed by atoms with Gasteiger partial charge in [-0.15, -0.1) is 0 Å². The van der Waals surface area contributed by atoms with Crippen molar-refractivity contribution in [2.75, 3.05) is 18.5 Å². The van der Waals surface area contributed by atoms with Crippen molar-refractivity contribution in [3.05, 3.63) is 95.6 Å². The van der Waals surface area contributed by atoms with Crippen molar-refractivity contribution in [2.24, 2.45) is 0 Å². The van der Waals surface area contributed by atoms with E-state index in [2.05, 4.69) is 5.32 Å². The lowest BCUT2D eigenvalue weighted by Crippen LogP contribution is -2.22. The summed E-state index contributed by atoms with van der Waals surface area (Å²) in [6.45, 7) is 1.86. The molecule has 0 aliphatic heterocycles. The molecule has 1 N–H and O–H groups in total. The number of nitrogens with one attached hydrogen (secondary N) is 1. The highest BCUT2D eigenvalue weighted by atomic mass is 16.5. The number of amides is 1. The van der Waals surface area contributed by atoms with E-state index < -0.39 is 5.97 Å². The van der Waals surface area contributed by atoms with Crippen LogP contribution < -0.4 is 10.1 Å². The van der Waals surface area contributed by atoms with Crippen molar-refractivity contribution in [1.29, 1.82) is 0 Å². The maximum atomic E-state index is 12.2. The Balaban J connectivity index is 1.43. The van der Waals surface area contributed by atoms with Crippen molar-refractivity contribution in [3.63, 3.8) is 0 Å². The summed E-state index contributed by atoms with van der Waals surface area (Å²) in [6, 6.07) is 25.2. The van der Waals surface area contributed by atoms with Crippen LogP contribution in [0.3, 0.4) is 0 Å². The van der Waals surface area contributed by atoms with E-state index in [1.54, 1.807) is 0 Å². The van der Waals surface area contributed by atoms with Crippen LogP contribution in [0.1, 0.15) is 23.1 Å². The predicted octanol–water partition coefficient (Wildman–Crippen LogP) is 4.54. The van der Waals surface area contributed by atoms with Crippen LogP contribution in [-0.4, -0.2) is 25.1 Å². The topological polar surface area (TPSA) is 64.6 Å². The molecule has 0 unspecified atom stereocenters. The van der Waals surface area contributed by atoms with Gasteiger partial charge in [0.05, 0.1) is 13.0 Å². The standard InChI is InChI=1S/C25H25NO4/c1-19-11-13-22(14-12-19)29-16-15-25(28)30-18-24(27)26-23-10-6-5-9-21(23)17-20-7-3-2-4-8-20/h2-14H,15-18H2,1H3,(H,26,27). The zero-order chi connectivity index (χ0) is 21.2. The maximum absolute atomic E-state index is 12.2. The summed E-state index contributed by atoms with van der Waals surface area (Å²) in [4.78, 5) is 24.1. The molecule has 0 radical (unpaired) electrons. The molecular weight excluding hydrogens is 378 g/mol. The molecule has 0 aromatic heterocycles. The molecule has 0 fully saturated rings. The first-order chi connectivity index (χ1) is 14.6. The van der Waals surface area contributed by atoms with Crippen molar-refractivity contribution in [2.45, 2.75) is 19.8 Å². The van der Waals surface area contributed by atoms with E-state index >= 15 is 0 Å². The fourth-order valence-corrected chi connectivity index (χ4v) is 2.90. The average Bonchev–Trinajstić information content (AvgIpc) is 2.76. The summed E-state index contributed by atoms with van der Waals surface area (Å²) in [5, 5.41) is 2.83. The van der Waals surface area contributed by atoms with Crippen LogP contribution in [0.15, 0.2) is 78.9 Å². The number of rotatable bonds is 9. The summed E-state index contributed by atoms with van der Waals surface area (Å²) in [5.74, 6) is -0.153. The number of para-hydroxylation sites is 1. The second-order valence-corrected chi connectivity index (χ2v) is 6.94. The molecule has 3 aromatic rings. The largest absolute Gasteiger partial charge is 0.493 e. The Morgan fingerprint density at radius 3 is 2.33 bits per heavy atom. The van der Waals surface area contributed by atoms with Crippen LogP contribution in [0.4, 0.5) is 5.69 Å². The first-order valence-corrected chi connectivity index (χ1v) is 9.87. The van der Waals surface area contributed by atoms with Crippen molar-refractivity contribution in [1.82, 2.24) is 0 Å². The van der Waals surface area contributed by atoms with E-state index in [0.717, 1.165) is 16.7 Å². The molecule has 0 heterocycles. The van der Waals surface area contributed by atoms with Gasteiger partial charge < -0.3 is 14.8 Å². The lowest BCUT2D eigenvalue weighted by molar-refractivity contribution is -0.147. The van der Waals surface area contributed by atoms with Crippen LogP contribution in [-0.2, 0) is 20.7 Å². The second-order valence-electron chi connectivity index (χ2n) is 6.94. The molecule has 0 atom stereocenters. The third-order valence-corrected chi connectivity index (χ3v) is 4.49. The van der Waals surface area contributed by atoms with Gasteiger partial charge >= 0.3 is 5.97 Å². The summed E-state index contributed by atoms with van der Waals surface area (Å²) < 4.78 is 10.6. The molecule has 0 aliphatic carbocycles. The molecule has 3 aromatic carbocycles. The summed E-state index contributed by atoms with van der Waals surface area (Å²) in [5.41, 5.74) is 4.00. The minimum Gasteiger partial charge on any atom is -0.493 e. The highest BCUT2D eigenvalue weighted by Gasteiger charge is 2.11. The maximum Gasteiger partial charge on any atom is 0.309 e. The van der Waals surface area contributed by atoms with Crippen LogP contribution in [0.5, 0.6) is 5.75 Å². The van der Waals surface area contributed by atoms with Crippen LogP contribution in [0.2, 0.25) is 0 Å². The highest BCUT2D eigenvalue weighted by Crippen LogP contribution is 2.19. The Kier molecular flexibility index (Phi) is 7.61. The SMILES string of the molecule is Cc1ccc(OCCC(=O)OCC(=O)Nc2ccccc2Cc2ccccc2)cc1. The van der Waals surface area contributed by atoms with E-state index in [0.29, 0.717) is 17.9 Å². The molecule has 5 heteroatoms. The van der Waals surface area contributed by atoms with E-state index in [1.165, 1.54) is 0 Å². The minimum absolute atomic E-state index is 0.0751. The Bertz CT molecular complexity index is 968. The fourth-order valence-electron chi connectivity index (χ4n) is 2.90. The average molecular weight is 403 g/mol. The molecule has 0 saturated heterocycles. The van der Waals surface area contributed by atoms with Gasteiger partial charge in [0, 0.05) is 5.69 Å². The number of anilines is 1. The molecule has 0 bridgehead atoms. The normalized spacial score (nSPS) is 10.3. The second kappa shape index (κ2) is 10.8. The van der Waals surface area contributed by atoms with Gasteiger partial charge in [0.25, 0.3) is 5.91 Å². The molecule has 30 heavy (non-hydrogen) atoms. The first kappa shape index (κ1) is 21.1. The number of carbonyl (C=O) groups is 2. The quantitative estimate of drug-likeness (QED) is 0.533. The fraction of sp³-hybridized carbons (Fsp3) is 0.200. The van der Waals surface area contributed by atoms with Crippen molar-refractivity contribution >= 4 is 17.6 Å². The zero-order valence-electron chi connectivity index (χ0n) is 17.0. The number of ether oxygens (including phenoxy) is 2. The Morgan fingerprint density at radius 2 is 1.57 bits per heavy atom. The highest BCUT2D eigenvalue weighted by molar-refractivity contribution is 5.93. The van der Waals surface area contributed by atoms with Crippen LogP contribution in [0.25, 0.3) is 0 Å². The molecule has 5 nitrogen and oxygen atoms in total. The molecule has 3 rings (SSSR count). The summed E-state index contributed by atoms with van der Waals surface area (Å²) in [7, 11) is 0. The number of hydrogen-bond donors (Lipinski definition) is 1. The van der Waals surface area contributed by atoms with Crippen LogP contribution in [0, 0.1) is 6.92 Å². The van der Waals surface area contributed by atoms with Gasteiger partial charge in [-0.05, 0) is 42.7 Å². The number of hydrogen-bond acceptors (Lipinski definition) is 4. The van der Waals surface area contributed by atoms with E-state index in [4.69, 9.17) is 9.47 Å². The zero-order valence-corrected chi connectivity index (χ0v) is 17.0. The molecule has 1 amide bonds. The number of esters is 1. The Labute approximate surface area is 176 Å². The third kappa shape index (κ3) is 6.78. The molecule has 0 aliphatic rings. The summed E-state index contributed by atoms with van der Waals surface area (Å²) >= 11 is 0. The number of carbonyl (C=O) groups excluding carboxylic acids is 2. The third-order valence-electron chi connectivity index (χ3n) is 4.49. The monoisotopic (exact) mass is 403 g/mol. The molecule has 154 valence electrons. The Hall–Kier alpha value is -3.60. The number of aryl methyl sites for hydroxylation is 1. The van der Waals surface area contributed by atoms with Gasteiger partial charge in [-0.1, -0.05) is 66.2 Å². The van der Waals surface area contributed by atoms with E-state index in [-0.39, 0.29) is 25.5 Å². The van der Waals surface area contributed by atoms with Crippen molar-refractivity contribution in [3.8, 4) is 5.75 Å². The van der Waals surface area contributed by atoms with E-state index in [1.807, 2.05) is 85.8 Å². The van der Waals surface area contributed by atoms with Gasteiger partial charge in [-0.25, -0.2) is 0 Å². The van der Waals surface area contributed by atoms with Gasteiger partial charge in [0.15, 0.2) is 6.61 Å². The van der Waals surface area contributed by atoms with Gasteiger partial charge in [-0.3, -0.25) is 9.59 Å². The predicted molar refractivity (Wildman–Crippen MR) is 117 cm³/mol. The van der Waals surface area contributed by atoms with Crippen molar-refractivity contribution < 1.29 is 19.1 Å². The first-order valence-electron chi connectivity index (χ1n) is 9.87. The Morgan fingerprint density at radius 1 is 0.867 bits per heavy atom. The minimum atomic E-state index is -0.477. The lowest BCUT2D eigenvalue weighted by atomic mass is 10.0. The van der Waals surface area contributed by atoms with Gasteiger partial charge in [-0.2, -0.15) is 0 Å². The molecule has 0 saturated carbocycles. The number of benzene rings is 3. The smallest absolute Gasteiger partial charge is 0.309 e. The lowest BCUT2D eigenvalue weighted by Gasteiger charge is -2.12.